The molecule has 1 heterocycles. The lowest BCUT2D eigenvalue weighted by atomic mass is 10.0. The summed E-state index contributed by atoms with van der Waals surface area (Å²) in [5, 5.41) is 1.15. The van der Waals surface area contributed by atoms with Gasteiger partial charge >= 0.3 is 0 Å². The highest BCUT2D eigenvalue weighted by atomic mass is 16.3. The van der Waals surface area contributed by atoms with E-state index in [2.05, 4.69) is 37.3 Å². The zero-order valence-corrected chi connectivity index (χ0v) is 11.0. The molecule has 19 heavy (non-hydrogen) atoms. The number of rotatable bonds is 3. The molecule has 0 aliphatic rings. The number of nitrogens with two attached hydrogens (primary N) is 1. The third-order valence-corrected chi connectivity index (χ3v) is 3.37. The molecule has 0 spiro atoms. The minimum absolute atomic E-state index is 0.0251. The molecule has 1 aromatic heterocycles. The molecule has 2 heteroatoms. The quantitative estimate of drug-likeness (QED) is 0.764. The van der Waals surface area contributed by atoms with Crippen LogP contribution in [0.4, 0.5) is 0 Å². The molecule has 96 valence electrons. The topological polar surface area (TPSA) is 39.2 Å². The summed E-state index contributed by atoms with van der Waals surface area (Å²) in [5.74, 6) is 0.942. The highest BCUT2D eigenvalue weighted by Crippen LogP contribution is 2.24. The van der Waals surface area contributed by atoms with Crippen molar-refractivity contribution in [2.75, 3.05) is 0 Å². The molecule has 2 N–H and O–H groups in total. The third-order valence-electron chi connectivity index (χ3n) is 3.37. The summed E-state index contributed by atoms with van der Waals surface area (Å²) >= 11 is 0. The van der Waals surface area contributed by atoms with E-state index in [9.17, 15) is 0 Å². The summed E-state index contributed by atoms with van der Waals surface area (Å²) < 4.78 is 5.84. The first-order valence-electron chi connectivity index (χ1n) is 6.52. The van der Waals surface area contributed by atoms with E-state index in [0.29, 0.717) is 0 Å². The van der Waals surface area contributed by atoms with Crippen molar-refractivity contribution < 1.29 is 4.42 Å². The molecule has 0 fully saturated rings. The largest absolute Gasteiger partial charge is 0.461 e. The Morgan fingerprint density at radius 3 is 2.63 bits per heavy atom. The van der Waals surface area contributed by atoms with Crippen LogP contribution in [0.15, 0.2) is 59.0 Å². The van der Waals surface area contributed by atoms with Gasteiger partial charge in [-0.3, -0.25) is 0 Å². The SMILES string of the molecule is Cc1ccc2oc(CC(N)c3ccccc3)cc2c1. The van der Waals surface area contributed by atoms with Gasteiger partial charge < -0.3 is 10.2 Å². The molecule has 0 aliphatic heterocycles. The second-order valence-corrected chi connectivity index (χ2v) is 4.98. The summed E-state index contributed by atoms with van der Waals surface area (Å²) in [7, 11) is 0. The van der Waals surface area contributed by atoms with Gasteiger partial charge in [0.25, 0.3) is 0 Å². The zero-order chi connectivity index (χ0) is 13.2. The Bertz CT molecular complexity index is 685. The average Bonchev–Trinajstić information content (AvgIpc) is 2.81. The van der Waals surface area contributed by atoms with Crippen LogP contribution < -0.4 is 5.73 Å². The molecule has 0 bridgehead atoms. The lowest BCUT2D eigenvalue weighted by molar-refractivity contribution is 0.521. The van der Waals surface area contributed by atoms with Gasteiger partial charge in [-0.05, 0) is 30.7 Å². The van der Waals surface area contributed by atoms with Crippen molar-refractivity contribution in [3.8, 4) is 0 Å². The molecular weight excluding hydrogens is 234 g/mol. The maximum Gasteiger partial charge on any atom is 0.134 e. The first-order valence-corrected chi connectivity index (χ1v) is 6.52. The molecule has 0 saturated carbocycles. The van der Waals surface area contributed by atoms with E-state index < -0.39 is 0 Å². The van der Waals surface area contributed by atoms with Gasteiger partial charge in [-0.15, -0.1) is 0 Å². The maximum atomic E-state index is 6.22. The van der Waals surface area contributed by atoms with Gasteiger partial charge in [0.2, 0.25) is 0 Å². The molecule has 3 rings (SSSR count). The average molecular weight is 251 g/mol. The third kappa shape index (κ3) is 2.54. The van der Waals surface area contributed by atoms with Crippen molar-refractivity contribution in [3.05, 3.63) is 71.5 Å². The minimum atomic E-state index is -0.0251. The number of aryl methyl sites for hydroxylation is 1. The van der Waals surface area contributed by atoms with Crippen LogP contribution in [-0.2, 0) is 6.42 Å². The smallest absolute Gasteiger partial charge is 0.134 e. The van der Waals surface area contributed by atoms with E-state index in [-0.39, 0.29) is 6.04 Å². The van der Waals surface area contributed by atoms with Gasteiger partial charge in [-0.25, -0.2) is 0 Å². The summed E-state index contributed by atoms with van der Waals surface area (Å²) in [6.45, 7) is 2.09. The predicted molar refractivity (Wildman–Crippen MR) is 78.0 cm³/mol. The van der Waals surface area contributed by atoms with Crippen molar-refractivity contribution in [2.45, 2.75) is 19.4 Å². The van der Waals surface area contributed by atoms with E-state index in [0.717, 1.165) is 28.7 Å². The Kier molecular flexibility index (Phi) is 3.10. The monoisotopic (exact) mass is 251 g/mol. The molecule has 0 radical (unpaired) electrons. The molecule has 1 atom stereocenters. The van der Waals surface area contributed by atoms with E-state index in [1.165, 1.54) is 5.56 Å². The Labute approximate surface area is 112 Å². The highest BCUT2D eigenvalue weighted by Gasteiger charge is 2.10. The van der Waals surface area contributed by atoms with Crippen molar-refractivity contribution in [1.82, 2.24) is 0 Å². The van der Waals surface area contributed by atoms with Gasteiger partial charge in [-0.1, -0.05) is 42.0 Å². The van der Waals surface area contributed by atoms with Crippen LogP contribution in [0.25, 0.3) is 11.0 Å². The molecular formula is C17H17NO. The fraction of sp³-hybridized carbons (Fsp3) is 0.176. The lowest BCUT2D eigenvalue weighted by Gasteiger charge is -2.09. The van der Waals surface area contributed by atoms with Crippen LogP contribution in [0.2, 0.25) is 0 Å². The van der Waals surface area contributed by atoms with E-state index in [1.807, 2.05) is 24.3 Å². The number of hydrogen-bond donors (Lipinski definition) is 1. The van der Waals surface area contributed by atoms with Crippen LogP contribution in [0.5, 0.6) is 0 Å². The minimum Gasteiger partial charge on any atom is -0.461 e. The second kappa shape index (κ2) is 4.90. The fourth-order valence-corrected chi connectivity index (χ4v) is 2.35. The van der Waals surface area contributed by atoms with Crippen molar-refractivity contribution in [1.29, 1.82) is 0 Å². The first kappa shape index (κ1) is 12.0. The van der Waals surface area contributed by atoms with Crippen LogP contribution >= 0.6 is 0 Å². The molecule has 3 aromatic rings. The number of benzene rings is 2. The summed E-state index contributed by atoms with van der Waals surface area (Å²) in [4.78, 5) is 0. The first-order chi connectivity index (χ1) is 9.22. The summed E-state index contributed by atoms with van der Waals surface area (Å²) in [6.07, 6.45) is 0.720. The van der Waals surface area contributed by atoms with Crippen molar-refractivity contribution in [2.24, 2.45) is 5.73 Å². The molecule has 0 saturated heterocycles. The Morgan fingerprint density at radius 1 is 1.05 bits per heavy atom. The van der Waals surface area contributed by atoms with Gasteiger partial charge in [0.15, 0.2) is 0 Å². The number of furan rings is 1. The van der Waals surface area contributed by atoms with Crippen LogP contribution in [-0.4, -0.2) is 0 Å². The Hall–Kier alpha value is -2.06. The number of fused-ring (bicyclic) bond motifs is 1. The summed E-state index contributed by atoms with van der Waals surface area (Å²) in [6, 6.07) is 18.4. The van der Waals surface area contributed by atoms with Crippen molar-refractivity contribution in [3.63, 3.8) is 0 Å². The number of hydrogen-bond acceptors (Lipinski definition) is 2. The van der Waals surface area contributed by atoms with Crippen LogP contribution in [0.1, 0.15) is 22.9 Å². The lowest BCUT2D eigenvalue weighted by Crippen LogP contribution is -2.12. The zero-order valence-electron chi connectivity index (χ0n) is 11.0. The molecule has 2 nitrogen and oxygen atoms in total. The van der Waals surface area contributed by atoms with Crippen molar-refractivity contribution >= 4 is 11.0 Å². The Balaban J connectivity index is 1.85. The molecule has 1 unspecified atom stereocenters. The van der Waals surface area contributed by atoms with Gasteiger partial charge in [0.1, 0.15) is 11.3 Å². The molecule has 0 amide bonds. The van der Waals surface area contributed by atoms with E-state index in [1.54, 1.807) is 0 Å². The Morgan fingerprint density at radius 2 is 1.84 bits per heavy atom. The highest BCUT2D eigenvalue weighted by molar-refractivity contribution is 5.78. The van der Waals surface area contributed by atoms with Crippen LogP contribution in [0.3, 0.4) is 0 Å². The van der Waals surface area contributed by atoms with Gasteiger partial charge in [0, 0.05) is 17.8 Å². The standard InChI is InChI=1S/C17H17NO/c1-12-7-8-17-14(9-12)10-15(19-17)11-16(18)13-5-3-2-4-6-13/h2-10,16H,11,18H2,1H3. The van der Waals surface area contributed by atoms with Gasteiger partial charge in [-0.2, -0.15) is 0 Å². The van der Waals surface area contributed by atoms with E-state index in [4.69, 9.17) is 10.2 Å². The van der Waals surface area contributed by atoms with Gasteiger partial charge in [0.05, 0.1) is 0 Å². The van der Waals surface area contributed by atoms with Crippen LogP contribution in [0, 0.1) is 6.92 Å². The normalized spacial score (nSPS) is 12.7. The van der Waals surface area contributed by atoms with E-state index >= 15 is 0 Å². The summed E-state index contributed by atoms with van der Waals surface area (Å²) in [5.41, 5.74) is 9.53. The molecule has 2 aromatic carbocycles. The molecule has 0 aliphatic carbocycles. The maximum absolute atomic E-state index is 6.22. The fourth-order valence-electron chi connectivity index (χ4n) is 2.35. The second-order valence-electron chi connectivity index (χ2n) is 4.98. The predicted octanol–water partition coefficient (Wildman–Crippen LogP) is 3.98.